The first-order chi connectivity index (χ1) is 7.63. The normalized spacial score (nSPS) is 13.1. The molecule has 0 fully saturated rings. The van der Waals surface area contributed by atoms with Crippen molar-refractivity contribution >= 4 is 15.9 Å². The summed E-state index contributed by atoms with van der Waals surface area (Å²) in [4.78, 5) is 0. The standard InChI is InChI=1S/C10H19BrN4O/c1-4-15-9(10(11)7(2)14-15)5-8(13-12)6-16-3/h8,13H,4-6,12H2,1-3H3. The largest absolute Gasteiger partial charge is 0.383 e. The van der Waals surface area contributed by atoms with Gasteiger partial charge in [-0.25, -0.2) is 0 Å². The molecule has 0 aliphatic heterocycles. The van der Waals surface area contributed by atoms with Gasteiger partial charge >= 0.3 is 0 Å². The molecule has 0 amide bonds. The molecule has 6 heteroatoms. The van der Waals surface area contributed by atoms with E-state index in [1.54, 1.807) is 7.11 Å². The molecule has 0 aromatic carbocycles. The van der Waals surface area contributed by atoms with E-state index in [0.717, 1.165) is 28.8 Å². The molecule has 3 N–H and O–H groups in total. The van der Waals surface area contributed by atoms with Crippen LogP contribution in [0.15, 0.2) is 4.47 Å². The van der Waals surface area contributed by atoms with Gasteiger partial charge in [-0.1, -0.05) is 0 Å². The van der Waals surface area contributed by atoms with Crippen LogP contribution >= 0.6 is 15.9 Å². The Labute approximate surface area is 104 Å². The zero-order valence-corrected chi connectivity index (χ0v) is 11.5. The van der Waals surface area contributed by atoms with Gasteiger partial charge in [0.05, 0.1) is 22.5 Å². The Morgan fingerprint density at radius 3 is 2.81 bits per heavy atom. The molecule has 0 saturated carbocycles. The van der Waals surface area contributed by atoms with Crippen LogP contribution in [0.25, 0.3) is 0 Å². The van der Waals surface area contributed by atoms with Gasteiger partial charge in [0, 0.05) is 26.1 Å². The molecule has 16 heavy (non-hydrogen) atoms. The first-order valence-corrected chi connectivity index (χ1v) is 6.10. The van der Waals surface area contributed by atoms with Crippen LogP contribution in [0.3, 0.4) is 0 Å². The Kier molecular flexibility index (Phi) is 5.40. The molecule has 0 aliphatic carbocycles. The number of aryl methyl sites for hydroxylation is 2. The molecular formula is C10H19BrN4O. The van der Waals surface area contributed by atoms with Crippen molar-refractivity contribution in [3.63, 3.8) is 0 Å². The van der Waals surface area contributed by atoms with E-state index in [4.69, 9.17) is 10.6 Å². The average Bonchev–Trinajstić information content (AvgIpc) is 2.55. The number of nitrogens with zero attached hydrogens (tertiary/aromatic N) is 2. The van der Waals surface area contributed by atoms with E-state index in [1.165, 1.54) is 0 Å². The summed E-state index contributed by atoms with van der Waals surface area (Å²) in [6.07, 6.45) is 0.791. The Balaban J connectivity index is 2.85. The summed E-state index contributed by atoms with van der Waals surface area (Å²) in [5, 5.41) is 4.44. The number of halogens is 1. The molecule has 1 heterocycles. The van der Waals surface area contributed by atoms with Gasteiger partial charge in [0.1, 0.15) is 0 Å². The highest BCUT2D eigenvalue weighted by Crippen LogP contribution is 2.22. The van der Waals surface area contributed by atoms with Gasteiger partial charge in [0.2, 0.25) is 0 Å². The second-order valence-electron chi connectivity index (χ2n) is 3.68. The minimum absolute atomic E-state index is 0.0997. The Morgan fingerprint density at radius 1 is 1.62 bits per heavy atom. The third-order valence-corrected chi connectivity index (χ3v) is 3.53. The van der Waals surface area contributed by atoms with Crippen molar-refractivity contribution in [3.05, 3.63) is 15.9 Å². The van der Waals surface area contributed by atoms with Crippen LogP contribution < -0.4 is 11.3 Å². The van der Waals surface area contributed by atoms with E-state index in [-0.39, 0.29) is 6.04 Å². The fraction of sp³-hybridized carbons (Fsp3) is 0.700. The zero-order valence-electron chi connectivity index (χ0n) is 9.96. The van der Waals surface area contributed by atoms with E-state index in [0.29, 0.717) is 6.61 Å². The molecule has 0 radical (unpaired) electrons. The van der Waals surface area contributed by atoms with Crippen LogP contribution in [0.1, 0.15) is 18.3 Å². The molecule has 0 saturated heterocycles. The maximum Gasteiger partial charge on any atom is 0.0738 e. The molecule has 1 unspecified atom stereocenters. The van der Waals surface area contributed by atoms with Gasteiger partial charge in [-0.2, -0.15) is 5.10 Å². The van der Waals surface area contributed by atoms with Crippen molar-refractivity contribution < 1.29 is 4.74 Å². The number of rotatable bonds is 6. The minimum Gasteiger partial charge on any atom is -0.383 e. The molecule has 1 atom stereocenters. The SMILES string of the molecule is CCn1nc(C)c(Br)c1CC(COC)NN. The highest BCUT2D eigenvalue weighted by atomic mass is 79.9. The summed E-state index contributed by atoms with van der Waals surface area (Å²) >= 11 is 3.56. The zero-order chi connectivity index (χ0) is 12.1. The van der Waals surface area contributed by atoms with Gasteiger partial charge in [0.25, 0.3) is 0 Å². The van der Waals surface area contributed by atoms with Gasteiger partial charge in [-0.05, 0) is 29.8 Å². The Hall–Kier alpha value is -0.430. The number of hydrazine groups is 1. The van der Waals surface area contributed by atoms with Crippen LogP contribution in [-0.2, 0) is 17.7 Å². The maximum absolute atomic E-state index is 5.48. The fourth-order valence-electron chi connectivity index (χ4n) is 1.66. The number of hydrogen-bond donors (Lipinski definition) is 2. The van der Waals surface area contributed by atoms with Crippen molar-refractivity contribution in [2.75, 3.05) is 13.7 Å². The molecular weight excluding hydrogens is 272 g/mol. The number of nitrogens with one attached hydrogen (secondary N) is 1. The van der Waals surface area contributed by atoms with Gasteiger partial charge in [-0.15, -0.1) is 0 Å². The highest BCUT2D eigenvalue weighted by molar-refractivity contribution is 9.10. The molecule has 92 valence electrons. The molecule has 0 spiro atoms. The maximum atomic E-state index is 5.48. The van der Waals surface area contributed by atoms with Crippen molar-refractivity contribution in [1.82, 2.24) is 15.2 Å². The third-order valence-electron chi connectivity index (χ3n) is 2.50. The lowest BCUT2D eigenvalue weighted by Crippen LogP contribution is -2.40. The number of hydrogen-bond acceptors (Lipinski definition) is 4. The summed E-state index contributed by atoms with van der Waals surface area (Å²) in [7, 11) is 1.67. The van der Waals surface area contributed by atoms with E-state index in [2.05, 4.69) is 33.4 Å². The summed E-state index contributed by atoms with van der Waals surface area (Å²) in [6.45, 7) is 5.49. The van der Waals surface area contributed by atoms with E-state index in [1.807, 2.05) is 11.6 Å². The molecule has 0 aliphatic rings. The molecule has 5 nitrogen and oxygen atoms in total. The smallest absolute Gasteiger partial charge is 0.0738 e. The highest BCUT2D eigenvalue weighted by Gasteiger charge is 2.16. The topological polar surface area (TPSA) is 65.1 Å². The number of nitrogens with two attached hydrogens (primary N) is 1. The Morgan fingerprint density at radius 2 is 2.31 bits per heavy atom. The van der Waals surface area contributed by atoms with Crippen LogP contribution in [0.2, 0.25) is 0 Å². The van der Waals surface area contributed by atoms with Gasteiger partial charge in [-0.3, -0.25) is 16.0 Å². The van der Waals surface area contributed by atoms with Crippen LogP contribution in [0, 0.1) is 6.92 Å². The van der Waals surface area contributed by atoms with Crippen molar-refractivity contribution in [2.24, 2.45) is 5.84 Å². The molecule has 1 rings (SSSR count). The Bertz CT molecular complexity index is 340. The van der Waals surface area contributed by atoms with E-state index < -0.39 is 0 Å². The van der Waals surface area contributed by atoms with Gasteiger partial charge in [0.15, 0.2) is 0 Å². The monoisotopic (exact) mass is 290 g/mol. The van der Waals surface area contributed by atoms with E-state index >= 15 is 0 Å². The quantitative estimate of drug-likeness (QED) is 0.606. The van der Waals surface area contributed by atoms with Gasteiger partial charge < -0.3 is 4.74 Å². The van der Waals surface area contributed by atoms with E-state index in [9.17, 15) is 0 Å². The number of ether oxygens (including phenoxy) is 1. The number of aromatic nitrogens is 2. The summed E-state index contributed by atoms with van der Waals surface area (Å²) in [6, 6.07) is 0.0997. The lowest BCUT2D eigenvalue weighted by molar-refractivity contribution is 0.165. The molecule has 1 aromatic heterocycles. The summed E-state index contributed by atoms with van der Waals surface area (Å²) < 4.78 is 8.15. The second-order valence-corrected chi connectivity index (χ2v) is 4.48. The molecule has 0 bridgehead atoms. The lowest BCUT2D eigenvalue weighted by Gasteiger charge is -2.15. The van der Waals surface area contributed by atoms with Crippen LogP contribution in [0.4, 0.5) is 0 Å². The first-order valence-electron chi connectivity index (χ1n) is 5.30. The third kappa shape index (κ3) is 3.04. The predicted molar refractivity (Wildman–Crippen MR) is 67.0 cm³/mol. The second kappa shape index (κ2) is 6.34. The predicted octanol–water partition coefficient (Wildman–Crippen LogP) is 0.995. The van der Waals surface area contributed by atoms with Crippen molar-refractivity contribution in [3.8, 4) is 0 Å². The summed E-state index contributed by atoms with van der Waals surface area (Å²) in [5.74, 6) is 5.48. The van der Waals surface area contributed by atoms with Crippen LogP contribution in [0.5, 0.6) is 0 Å². The summed E-state index contributed by atoms with van der Waals surface area (Å²) in [5.41, 5.74) is 4.91. The van der Waals surface area contributed by atoms with Crippen molar-refractivity contribution in [1.29, 1.82) is 0 Å². The minimum atomic E-state index is 0.0997. The molecule has 1 aromatic rings. The average molecular weight is 291 g/mol. The first kappa shape index (κ1) is 13.6. The number of methoxy groups -OCH3 is 1. The fourth-order valence-corrected chi connectivity index (χ4v) is 2.11. The lowest BCUT2D eigenvalue weighted by atomic mass is 10.1. The van der Waals surface area contributed by atoms with Crippen molar-refractivity contribution in [2.45, 2.75) is 32.9 Å². The van der Waals surface area contributed by atoms with Crippen LogP contribution in [-0.4, -0.2) is 29.5 Å².